The Labute approximate surface area is 268 Å². The Morgan fingerprint density at radius 2 is 1.78 bits per heavy atom. The number of terminal acetylenes is 1. The largest absolute Gasteiger partial charge is 0.377 e. The maximum Gasteiger partial charge on any atom is 0.246 e. The second kappa shape index (κ2) is 19.1. The van der Waals surface area contributed by atoms with E-state index in [0.29, 0.717) is 77.3 Å². The van der Waals surface area contributed by atoms with Crippen molar-refractivity contribution in [3.63, 3.8) is 0 Å². The third-order valence-corrected chi connectivity index (χ3v) is 9.14. The maximum atomic E-state index is 12.6. The first-order valence-electron chi connectivity index (χ1n) is 14.2. The minimum absolute atomic E-state index is 0.0296. The van der Waals surface area contributed by atoms with Crippen LogP contribution in [0, 0.1) is 18.3 Å². The molecule has 0 radical (unpaired) electrons. The zero-order valence-corrected chi connectivity index (χ0v) is 27.1. The molecule has 2 aliphatic heterocycles. The highest BCUT2D eigenvalue weighted by Gasteiger charge is 2.36. The summed E-state index contributed by atoms with van der Waals surface area (Å²) < 4.78 is 40.0. The van der Waals surface area contributed by atoms with Gasteiger partial charge < -0.3 is 57.8 Å². The maximum absolute atomic E-state index is 12.6. The predicted octanol–water partition coefficient (Wildman–Crippen LogP) is 0.783. The molecule has 19 heteroatoms. The number of aromatic nitrogens is 3. The van der Waals surface area contributed by atoms with Gasteiger partial charge in [0.15, 0.2) is 22.4 Å². The molecular formula is C26H38ClN5O11P2. The second-order valence-corrected chi connectivity index (χ2v) is 13.0. The van der Waals surface area contributed by atoms with E-state index in [1.807, 2.05) is 11.0 Å². The smallest absolute Gasteiger partial charge is 0.246 e. The fourth-order valence-electron chi connectivity index (χ4n) is 4.39. The van der Waals surface area contributed by atoms with Gasteiger partial charge in [0.2, 0.25) is 17.6 Å². The Balaban J connectivity index is 1.12. The first-order valence-corrected chi connectivity index (χ1v) is 17.4. The van der Waals surface area contributed by atoms with Gasteiger partial charge in [0.05, 0.1) is 76.7 Å². The van der Waals surface area contributed by atoms with Crippen molar-refractivity contribution in [1.82, 2.24) is 19.9 Å². The summed E-state index contributed by atoms with van der Waals surface area (Å²) in [5.41, 5.74) is 0.499. The zero-order valence-electron chi connectivity index (χ0n) is 24.5. The number of fused-ring (bicyclic) bond motifs is 1. The normalized spacial score (nSPS) is 19.2. The molecule has 2 fully saturated rings. The fourth-order valence-corrected chi connectivity index (χ4v) is 6.08. The van der Waals surface area contributed by atoms with E-state index in [2.05, 4.69) is 21.2 Å². The molecule has 0 bridgehead atoms. The Kier molecular flexibility index (Phi) is 15.3. The van der Waals surface area contributed by atoms with Crippen LogP contribution in [0.1, 0.15) is 6.41 Å². The van der Waals surface area contributed by atoms with E-state index >= 15 is 0 Å². The van der Waals surface area contributed by atoms with Gasteiger partial charge >= 0.3 is 0 Å². The number of amides is 1. The number of hydrogen-bond donors (Lipinski definition) is 4. The molecule has 4 N–H and O–H groups in total. The highest BCUT2D eigenvalue weighted by Crippen LogP contribution is 2.44. The second-order valence-electron chi connectivity index (χ2n) is 9.82. The number of halogens is 1. The summed E-state index contributed by atoms with van der Waals surface area (Å²) in [7, 11) is -4.20. The van der Waals surface area contributed by atoms with Gasteiger partial charge in [-0.2, -0.15) is 9.97 Å². The number of ether oxygens (including phenoxy) is 6. The number of hydrogen-bond acceptors (Lipinski definition) is 14. The number of nitrogens with one attached hydrogen (secondary N) is 1. The average molecular weight is 694 g/mol. The van der Waals surface area contributed by atoms with Gasteiger partial charge in [-0.05, 0) is 17.7 Å². The van der Waals surface area contributed by atoms with Crippen LogP contribution >= 0.6 is 28.4 Å². The SMILES string of the molecule is C#CCOCCOCCOCCOCCNC(=O)C1CN(c2nc(Cl)nc3c2ccn3C2OCC(COP(O)CP(O)O)O2)C1. The van der Waals surface area contributed by atoms with Crippen LogP contribution in [0.2, 0.25) is 5.28 Å². The van der Waals surface area contributed by atoms with Crippen LogP contribution in [-0.4, -0.2) is 133 Å². The first kappa shape index (κ1) is 36.0. The third kappa shape index (κ3) is 11.4. The van der Waals surface area contributed by atoms with Gasteiger partial charge in [0.1, 0.15) is 18.5 Å². The number of anilines is 1. The number of rotatable bonds is 21. The van der Waals surface area contributed by atoms with Gasteiger partial charge in [-0.15, -0.1) is 6.42 Å². The van der Waals surface area contributed by atoms with E-state index in [4.69, 9.17) is 60.8 Å². The van der Waals surface area contributed by atoms with Crippen LogP contribution in [-0.2, 0) is 37.7 Å². The Morgan fingerprint density at radius 1 is 1.09 bits per heavy atom. The molecule has 2 aromatic rings. The lowest BCUT2D eigenvalue weighted by Gasteiger charge is -2.39. The lowest BCUT2D eigenvalue weighted by atomic mass is 9.99. The molecule has 45 heavy (non-hydrogen) atoms. The molecular weight excluding hydrogens is 656 g/mol. The van der Waals surface area contributed by atoms with E-state index in [1.165, 1.54) is 0 Å². The van der Waals surface area contributed by atoms with Crippen molar-refractivity contribution >= 4 is 51.1 Å². The molecule has 0 aromatic carbocycles. The van der Waals surface area contributed by atoms with Gasteiger partial charge in [-0.3, -0.25) is 9.36 Å². The molecule has 0 saturated carbocycles. The summed E-state index contributed by atoms with van der Waals surface area (Å²) in [6, 6.07) is 1.83. The Morgan fingerprint density at radius 3 is 2.47 bits per heavy atom. The molecule has 0 spiro atoms. The summed E-state index contributed by atoms with van der Waals surface area (Å²) in [6.45, 7) is 4.87. The molecule has 2 saturated heterocycles. The van der Waals surface area contributed by atoms with Crippen molar-refractivity contribution in [3.8, 4) is 12.3 Å². The summed E-state index contributed by atoms with van der Waals surface area (Å²) in [6.07, 6.45) is 5.56. The van der Waals surface area contributed by atoms with Crippen molar-refractivity contribution in [1.29, 1.82) is 0 Å². The van der Waals surface area contributed by atoms with Gasteiger partial charge in [-0.1, -0.05) is 5.92 Å². The average Bonchev–Trinajstić information content (AvgIpc) is 3.62. The minimum Gasteiger partial charge on any atom is -0.377 e. The van der Waals surface area contributed by atoms with Crippen LogP contribution in [0.3, 0.4) is 0 Å². The van der Waals surface area contributed by atoms with E-state index in [0.717, 1.165) is 5.39 Å². The molecule has 0 aliphatic carbocycles. The van der Waals surface area contributed by atoms with E-state index in [9.17, 15) is 9.69 Å². The molecule has 250 valence electrons. The fraction of sp³-hybridized carbons (Fsp3) is 0.654. The molecule has 1 amide bonds. The summed E-state index contributed by atoms with van der Waals surface area (Å²) in [4.78, 5) is 51.1. The first-order chi connectivity index (χ1) is 21.9. The van der Waals surface area contributed by atoms with Gasteiger partial charge in [0, 0.05) is 25.8 Å². The molecule has 4 heterocycles. The Bertz CT molecular complexity index is 1250. The van der Waals surface area contributed by atoms with Crippen LogP contribution in [0.5, 0.6) is 0 Å². The van der Waals surface area contributed by atoms with Crippen molar-refractivity contribution in [3.05, 3.63) is 17.5 Å². The van der Waals surface area contributed by atoms with Crippen molar-refractivity contribution in [2.45, 2.75) is 12.5 Å². The topological polar surface area (TPSA) is 188 Å². The number of nitrogens with zero attached hydrogens (tertiary/aromatic N) is 4. The summed E-state index contributed by atoms with van der Waals surface area (Å²) in [5, 5.41) is 3.66. The van der Waals surface area contributed by atoms with Crippen LogP contribution < -0.4 is 10.2 Å². The lowest BCUT2D eigenvalue weighted by molar-refractivity contribution is -0.126. The highest BCUT2D eigenvalue weighted by molar-refractivity contribution is 7.63. The number of carbonyl (C=O) groups is 1. The monoisotopic (exact) mass is 693 g/mol. The summed E-state index contributed by atoms with van der Waals surface area (Å²) >= 11 is 6.26. The molecule has 16 nitrogen and oxygen atoms in total. The van der Waals surface area contributed by atoms with Crippen molar-refractivity contribution < 1.29 is 52.4 Å². The standard InChI is InChI=1S/C26H38ClN5O11P2/c1-2-6-37-8-10-39-12-13-40-11-9-38-7-4-28-24(33)19-14-31(15-19)22-21-3-5-32(23(21)30-25(27)29-22)26-41-16-20(43-26)17-42-45(36)18-44(34)35/h1,3,5,19-20,26,34-36H,4,6-18H2,(H,28,33). The third-order valence-electron chi connectivity index (χ3n) is 6.54. The van der Waals surface area contributed by atoms with Gasteiger partial charge in [-0.25, -0.2) is 0 Å². The van der Waals surface area contributed by atoms with Gasteiger partial charge in [0.25, 0.3) is 0 Å². The molecule has 3 unspecified atom stereocenters. The molecule has 4 rings (SSSR count). The lowest BCUT2D eigenvalue weighted by Crippen LogP contribution is -2.54. The van der Waals surface area contributed by atoms with Crippen LogP contribution in [0.15, 0.2) is 12.3 Å². The van der Waals surface area contributed by atoms with E-state index < -0.39 is 29.3 Å². The van der Waals surface area contributed by atoms with Crippen molar-refractivity contribution in [2.75, 3.05) is 96.5 Å². The van der Waals surface area contributed by atoms with Crippen molar-refractivity contribution in [2.24, 2.45) is 5.92 Å². The quantitative estimate of drug-likeness (QED) is 0.0622. The van der Waals surface area contributed by atoms with E-state index in [1.54, 1.807) is 10.8 Å². The summed E-state index contributed by atoms with van der Waals surface area (Å²) in [5.74, 6) is 2.51. The minimum atomic E-state index is -2.24. The predicted molar refractivity (Wildman–Crippen MR) is 165 cm³/mol. The molecule has 2 aliphatic rings. The number of carbonyl (C=O) groups excluding carboxylic acids is 1. The molecule has 2 aromatic heterocycles. The van der Waals surface area contributed by atoms with Crippen LogP contribution in [0.25, 0.3) is 11.0 Å². The highest BCUT2D eigenvalue weighted by atomic mass is 35.5. The van der Waals surface area contributed by atoms with Crippen LogP contribution in [0.4, 0.5) is 5.82 Å². The van der Waals surface area contributed by atoms with E-state index in [-0.39, 0.29) is 42.8 Å². The Hall–Kier alpha value is -1.80. The zero-order chi connectivity index (χ0) is 32.0. The molecule has 3 atom stereocenters.